The first-order valence-electron chi connectivity index (χ1n) is 5.07. The molecule has 0 saturated heterocycles. The molecule has 0 aromatic carbocycles. The van der Waals surface area contributed by atoms with Crippen LogP contribution in [-0.4, -0.2) is 18.2 Å². The van der Waals surface area contributed by atoms with Gasteiger partial charge in [0.2, 0.25) is 0 Å². The van der Waals surface area contributed by atoms with E-state index in [1.165, 1.54) is 0 Å². The summed E-state index contributed by atoms with van der Waals surface area (Å²) >= 11 is 0. The number of carbonyl (C=O) groups is 1. The van der Waals surface area contributed by atoms with Crippen molar-refractivity contribution in [1.29, 1.82) is 0 Å². The van der Waals surface area contributed by atoms with Crippen molar-refractivity contribution in [2.75, 3.05) is 0 Å². The molecule has 15 heavy (non-hydrogen) atoms. The molecule has 0 aliphatic heterocycles. The first kappa shape index (κ1) is 12.3. The fraction of sp³-hybridized carbons (Fsp3) is 0.900. The van der Waals surface area contributed by atoms with E-state index in [2.05, 4.69) is 4.74 Å². The fourth-order valence-electron chi connectivity index (χ4n) is 2.19. The van der Waals surface area contributed by atoms with Crippen molar-refractivity contribution in [2.45, 2.75) is 45.4 Å². The Balaban J connectivity index is 2.48. The molecule has 0 radical (unpaired) electrons. The number of rotatable bonds is 1. The molecular weight excluding hydrogens is 209 g/mol. The van der Waals surface area contributed by atoms with Crippen LogP contribution in [0.2, 0.25) is 0 Å². The minimum atomic E-state index is -4.87. The lowest BCUT2D eigenvalue weighted by Gasteiger charge is -2.31. The number of hydrogen-bond donors (Lipinski definition) is 0. The van der Waals surface area contributed by atoms with Crippen LogP contribution in [0.3, 0.4) is 0 Å². The highest BCUT2D eigenvalue weighted by Gasteiger charge is 2.43. The lowest BCUT2D eigenvalue weighted by Crippen LogP contribution is -2.34. The van der Waals surface area contributed by atoms with Gasteiger partial charge in [0.25, 0.3) is 0 Å². The second kappa shape index (κ2) is 4.41. The average Bonchev–Trinajstić information content (AvgIpc) is 1.99. The third kappa shape index (κ3) is 3.72. The molecule has 0 aromatic rings. The summed E-state index contributed by atoms with van der Waals surface area (Å²) in [6.07, 6.45) is -3.39. The van der Waals surface area contributed by atoms with Crippen molar-refractivity contribution in [3.05, 3.63) is 0 Å². The predicted octanol–water partition coefficient (Wildman–Crippen LogP) is 2.92. The Morgan fingerprint density at radius 1 is 1.13 bits per heavy atom. The summed E-state index contributed by atoms with van der Waals surface area (Å²) < 4.78 is 40.2. The summed E-state index contributed by atoms with van der Waals surface area (Å²) in [5, 5.41) is 0. The molecule has 0 heterocycles. The number of ether oxygens (including phenoxy) is 1. The van der Waals surface area contributed by atoms with E-state index in [1.807, 2.05) is 13.8 Å². The Morgan fingerprint density at radius 3 is 2.00 bits per heavy atom. The van der Waals surface area contributed by atoms with Crippen molar-refractivity contribution >= 4 is 5.97 Å². The van der Waals surface area contributed by atoms with E-state index in [-0.39, 0.29) is 0 Å². The van der Waals surface area contributed by atoms with Crippen LogP contribution in [0, 0.1) is 11.8 Å². The van der Waals surface area contributed by atoms with Gasteiger partial charge in [-0.3, -0.25) is 0 Å². The molecule has 2 nitrogen and oxygen atoms in total. The van der Waals surface area contributed by atoms with Gasteiger partial charge in [0.05, 0.1) is 0 Å². The van der Waals surface area contributed by atoms with Gasteiger partial charge in [0.15, 0.2) is 0 Å². The predicted molar refractivity (Wildman–Crippen MR) is 48.1 cm³/mol. The quantitative estimate of drug-likeness (QED) is 0.640. The van der Waals surface area contributed by atoms with Gasteiger partial charge in [-0.1, -0.05) is 13.8 Å². The second-order valence-corrected chi connectivity index (χ2v) is 4.44. The van der Waals surface area contributed by atoms with Gasteiger partial charge in [0.1, 0.15) is 6.10 Å². The van der Waals surface area contributed by atoms with E-state index in [9.17, 15) is 18.0 Å². The van der Waals surface area contributed by atoms with E-state index in [4.69, 9.17) is 0 Å². The zero-order valence-electron chi connectivity index (χ0n) is 8.80. The summed E-state index contributed by atoms with van der Waals surface area (Å²) in [7, 11) is 0. The minimum absolute atomic E-state index is 0.319. The van der Waals surface area contributed by atoms with E-state index < -0.39 is 18.2 Å². The molecule has 0 spiro atoms. The van der Waals surface area contributed by atoms with Gasteiger partial charge in [-0.05, 0) is 31.1 Å². The first-order chi connectivity index (χ1) is 6.79. The number of hydrogen-bond acceptors (Lipinski definition) is 2. The van der Waals surface area contributed by atoms with Crippen molar-refractivity contribution in [1.82, 2.24) is 0 Å². The number of carbonyl (C=O) groups excluding carboxylic acids is 1. The van der Waals surface area contributed by atoms with Crippen molar-refractivity contribution in [3.8, 4) is 0 Å². The van der Waals surface area contributed by atoms with Gasteiger partial charge in [-0.2, -0.15) is 13.2 Å². The molecule has 5 heteroatoms. The zero-order chi connectivity index (χ0) is 11.6. The molecule has 1 saturated carbocycles. The fourth-order valence-corrected chi connectivity index (χ4v) is 2.19. The summed E-state index contributed by atoms with van der Waals surface area (Å²) in [6.45, 7) is 3.92. The molecule has 0 N–H and O–H groups in total. The summed E-state index contributed by atoms with van der Waals surface area (Å²) in [6, 6.07) is 0. The van der Waals surface area contributed by atoms with E-state index in [1.54, 1.807) is 0 Å². The molecule has 1 aliphatic carbocycles. The Kier molecular flexibility index (Phi) is 3.62. The van der Waals surface area contributed by atoms with Crippen LogP contribution < -0.4 is 0 Å². The highest BCUT2D eigenvalue weighted by Crippen LogP contribution is 2.31. The van der Waals surface area contributed by atoms with E-state index >= 15 is 0 Å². The number of alkyl halides is 3. The lowest BCUT2D eigenvalue weighted by atomic mass is 9.82. The molecule has 0 aromatic heterocycles. The lowest BCUT2D eigenvalue weighted by molar-refractivity contribution is -0.207. The third-order valence-electron chi connectivity index (χ3n) is 2.64. The standard InChI is InChI=1S/C10H15F3O2/c1-6-3-7(2)5-8(4-6)15-9(14)10(11,12)13/h6-8H,3-5H2,1-2H3. The van der Waals surface area contributed by atoms with Gasteiger partial charge in [-0.15, -0.1) is 0 Å². The molecule has 0 amide bonds. The Labute approximate surface area is 86.8 Å². The topological polar surface area (TPSA) is 26.3 Å². The smallest absolute Gasteiger partial charge is 0.456 e. The van der Waals surface area contributed by atoms with Gasteiger partial charge < -0.3 is 4.74 Å². The van der Waals surface area contributed by atoms with E-state index in [0.717, 1.165) is 6.42 Å². The molecule has 2 atom stereocenters. The molecule has 2 unspecified atom stereocenters. The monoisotopic (exact) mass is 224 g/mol. The minimum Gasteiger partial charge on any atom is -0.456 e. The van der Waals surface area contributed by atoms with Crippen LogP contribution >= 0.6 is 0 Å². The van der Waals surface area contributed by atoms with Gasteiger partial charge in [-0.25, -0.2) is 4.79 Å². The Bertz CT molecular complexity index is 227. The molecule has 0 bridgehead atoms. The molecular formula is C10H15F3O2. The van der Waals surface area contributed by atoms with Gasteiger partial charge >= 0.3 is 12.1 Å². The largest absolute Gasteiger partial charge is 0.490 e. The van der Waals surface area contributed by atoms with Crippen LogP contribution in [0.4, 0.5) is 13.2 Å². The Morgan fingerprint density at radius 2 is 1.60 bits per heavy atom. The summed E-state index contributed by atoms with van der Waals surface area (Å²) in [4.78, 5) is 10.6. The number of halogens is 3. The average molecular weight is 224 g/mol. The van der Waals surface area contributed by atoms with Crippen LogP contribution in [0.15, 0.2) is 0 Å². The van der Waals surface area contributed by atoms with Crippen molar-refractivity contribution in [3.63, 3.8) is 0 Å². The normalized spacial score (nSPS) is 32.5. The second-order valence-electron chi connectivity index (χ2n) is 4.44. The molecule has 1 rings (SSSR count). The first-order valence-corrected chi connectivity index (χ1v) is 5.07. The highest BCUT2D eigenvalue weighted by atomic mass is 19.4. The van der Waals surface area contributed by atoms with E-state index in [0.29, 0.717) is 24.7 Å². The highest BCUT2D eigenvalue weighted by molar-refractivity contribution is 5.75. The van der Waals surface area contributed by atoms with Crippen LogP contribution in [0.5, 0.6) is 0 Å². The molecule has 1 aliphatic rings. The van der Waals surface area contributed by atoms with Crippen LogP contribution in [-0.2, 0) is 9.53 Å². The molecule has 88 valence electrons. The third-order valence-corrected chi connectivity index (χ3v) is 2.64. The summed E-state index contributed by atoms with van der Waals surface area (Å²) in [5.41, 5.74) is 0. The summed E-state index contributed by atoms with van der Waals surface area (Å²) in [5.74, 6) is -1.42. The SMILES string of the molecule is CC1CC(C)CC(OC(=O)C(F)(F)F)C1. The maximum atomic E-state index is 11.9. The van der Waals surface area contributed by atoms with Crippen molar-refractivity contribution < 1.29 is 22.7 Å². The van der Waals surface area contributed by atoms with Gasteiger partial charge in [0, 0.05) is 0 Å². The zero-order valence-corrected chi connectivity index (χ0v) is 8.80. The van der Waals surface area contributed by atoms with Crippen LogP contribution in [0.25, 0.3) is 0 Å². The maximum Gasteiger partial charge on any atom is 0.490 e. The molecule has 1 fully saturated rings. The van der Waals surface area contributed by atoms with Crippen LogP contribution in [0.1, 0.15) is 33.1 Å². The van der Waals surface area contributed by atoms with Crippen molar-refractivity contribution in [2.24, 2.45) is 11.8 Å². The number of esters is 1. The Hall–Kier alpha value is -0.740. The maximum absolute atomic E-state index is 11.9.